The number of carbonyl (C=O) groups is 1. The Labute approximate surface area is 141 Å². The number of rotatable bonds is 5. The van der Waals surface area contributed by atoms with Gasteiger partial charge in [0.05, 0.1) is 11.9 Å². The minimum atomic E-state index is -0.121. The van der Waals surface area contributed by atoms with Crippen LogP contribution < -0.4 is 5.32 Å². The molecule has 0 bridgehead atoms. The Kier molecular flexibility index (Phi) is 4.87. The van der Waals surface area contributed by atoms with Gasteiger partial charge >= 0.3 is 0 Å². The zero-order chi connectivity index (χ0) is 16.8. The first-order valence-corrected chi connectivity index (χ1v) is 7.82. The lowest BCUT2D eigenvalue weighted by Crippen LogP contribution is -2.19. The SMILES string of the molecule is Cc1cccc(/C=C/C(=O)NCc2cnn(-c3ccccc3)c2)c1. The standard InChI is InChI=1S/C20H19N3O/c1-16-6-5-7-17(12-16)10-11-20(24)21-13-18-14-22-23(15-18)19-8-3-2-4-9-19/h2-12,14-15H,13H2,1H3,(H,21,24)/b11-10+. The highest BCUT2D eigenvalue weighted by Gasteiger charge is 2.02. The Bertz CT molecular complexity index is 850. The summed E-state index contributed by atoms with van der Waals surface area (Å²) in [6.07, 6.45) is 7.05. The van der Waals surface area contributed by atoms with E-state index >= 15 is 0 Å². The van der Waals surface area contributed by atoms with Crippen LogP contribution >= 0.6 is 0 Å². The number of aryl methyl sites for hydroxylation is 1. The first kappa shape index (κ1) is 15.7. The predicted molar refractivity (Wildman–Crippen MR) is 95.6 cm³/mol. The molecule has 4 heteroatoms. The number of nitrogens with zero attached hydrogens (tertiary/aromatic N) is 2. The molecule has 0 aliphatic heterocycles. The van der Waals surface area contributed by atoms with Gasteiger partial charge in [-0.05, 0) is 30.7 Å². The van der Waals surface area contributed by atoms with Crippen molar-refractivity contribution in [1.29, 1.82) is 0 Å². The third kappa shape index (κ3) is 4.20. The lowest BCUT2D eigenvalue weighted by Gasteiger charge is -2.00. The van der Waals surface area contributed by atoms with Gasteiger partial charge in [-0.2, -0.15) is 5.10 Å². The molecule has 1 aromatic heterocycles. The van der Waals surface area contributed by atoms with Crippen molar-refractivity contribution in [1.82, 2.24) is 15.1 Å². The molecular weight excluding hydrogens is 298 g/mol. The first-order valence-electron chi connectivity index (χ1n) is 7.82. The number of nitrogens with one attached hydrogen (secondary N) is 1. The van der Waals surface area contributed by atoms with Crippen molar-refractivity contribution in [3.8, 4) is 5.69 Å². The van der Waals surface area contributed by atoms with E-state index in [4.69, 9.17) is 0 Å². The van der Waals surface area contributed by atoms with Gasteiger partial charge in [-0.15, -0.1) is 0 Å². The van der Waals surface area contributed by atoms with E-state index in [0.717, 1.165) is 16.8 Å². The third-order valence-electron chi connectivity index (χ3n) is 3.59. The van der Waals surface area contributed by atoms with Crippen LogP contribution in [-0.2, 0) is 11.3 Å². The maximum atomic E-state index is 11.9. The van der Waals surface area contributed by atoms with Crippen molar-refractivity contribution in [2.45, 2.75) is 13.5 Å². The highest BCUT2D eigenvalue weighted by atomic mass is 16.1. The zero-order valence-corrected chi connectivity index (χ0v) is 13.5. The van der Waals surface area contributed by atoms with Crippen LogP contribution in [0.25, 0.3) is 11.8 Å². The van der Waals surface area contributed by atoms with E-state index in [9.17, 15) is 4.79 Å². The molecule has 0 aliphatic rings. The number of para-hydroxylation sites is 1. The van der Waals surface area contributed by atoms with E-state index < -0.39 is 0 Å². The van der Waals surface area contributed by atoms with Crippen molar-refractivity contribution in [2.75, 3.05) is 0 Å². The Morgan fingerprint density at radius 3 is 2.79 bits per heavy atom. The number of carbonyl (C=O) groups excluding carboxylic acids is 1. The van der Waals surface area contributed by atoms with Gasteiger partial charge < -0.3 is 5.32 Å². The van der Waals surface area contributed by atoms with Gasteiger partial charge in [0.15, 0.2) is 0 Å². The van der Waals surface area contributed by atoms with Crippen LogP contribution in [0.15, 0.2) is 73.1 Å². The minimum Gasteiger partial charge on any atom is -0.348 e. The van der Waals surface area contributed by atoms with Gasteiger partial charge in [0.25, 0.3) is 0 Å². The second kappa shape index (κ2) is 7.42. The molecule has 3 aromatic rings. The number of hydrogen-bond donors (Lipinski definition) is 1. The molecule has 0 saturated heterocycles. The Morgan fingerprint density at radius 1 is 1.17 bits per heavy atom. The summed E-state index contributed by atoms with van der Waals surface area (Å²) in [6, 6.07) is 17.9. The second-order valence-electron chi connectivity index (χ2n) is 5.59. The van der Waals surface area contributed by atoms with Gasteiger partial charge in [0.2, 0.25) is 5.91 Å². The van der Waals surface area contributed by atoms with E-state index in [0.29, 0.717) is 6.54 Å². The van der Waals surface area contributed by atoms with Crippen LogP contribution in [0.4, 0.5) is 0 Å². The summed E-state index contributed by atoms with van der Waals surface area (Å²) >= 11 is 0. The number of aromatic nitrogens is 2. The minimum absolute atomic E-state index is 0.121. The Morgan fingerprint density at radius 2 is 2.00 bits per heavy atom. The maximum absolute atomic E-state index is 11.9. The fourth-order valence-corrected chi connectivity index (χ4v) is 2.37. The molecule has 0 spiro atoms. The number of hydrogen-bond acceptors (Lipinski definition) is 2. The molecule has 24 heavy (non-hydrogen) atoms. The zero-order valence-electron chi connectivity index (χ0n) is 13.5. The number of amides is 1. The smallest absolute Gasteiger partial charge is 0.244 e. The quantitative estimate of drug-likeness (QED) is 0.732. The highest BCUT2D eigenvalue weighted by molar-refractivity contribution is 5.91. The third-order valence-corrected chi connectivity index (χ3v) is 3.59. The summed E-state index contributed by atoms with van der Waals surface area (Å²) in [5.74, 6) is -0.121. The van der Waals surface area contributed by atoms with Crippen LogP contribution in [-0.4, -0.2) is 15.7 Å². The van der Waals surface area contributed by atoms with Gasteiger partial charge in [0, 0.05) is 24.4 Å². The molecule has 0 unspecified atom stereocenters. The summed E-state index contributed by atoms with van der Waals surface area (Å²) in [5.41, 5.74) is 4.14. The van der Waals surface area contributed by atoms with Gasteiger partial charge in [-0.1, -0.05) is 48.0 Å². The van der Waals surface area contributed by atoms with Crippen LogP contribution in [0, 0.1) is 6.92 Å². The lowest BCUT2D eigenvalue weighted by molar-refractivity contribution is -0.116. The molecule has 0 atom stereocenters. The van der Waals surface area contributed by atoms with Crippen molar-refractivity contribution in [3.05, 3.63) is 89.8 Å². The molecule has 0 radical (unpaired) electrons. The van der Waals surface area contributed by atoms with E-state index in [2.05, 4.69) is 10.4 Å². The molecular formula is C20H19N3O. The first-order chi connectivity index (χ1) is 11.7. The molecule has 1 amide bonds. The summed E-state index contributed by atoms with van der Waals surface area (Å²) in [4.78, 5) is 11.9. The summed E-state index contributed by atoms with van der Waals surface area (Å²) in [5, 5.41) is 7.18. The van der Waals surface area contributed by atoms with E-state index in [1.54, 1.807) is 17.0 Å². The van der Waals surface area contributed by atoms with Crippen molar-refractivity contribution in [2.24, 2.45) is 0 Å². The Balaban J connectivity index is 1.56. The van der Waals surface area contributed by atoms with Crippen LogP contribution in [0.5, 0.6) is 0 Å². The van der Waals surface area contributed by atoms with Crippen molar-refractivity contribution in [3.63, 3.8) is 0 Å². The van der Waals surface area contributed by atoms with Crippen LogP contribution in [0.2, 0.25) is 0 Å². The maximum Gasteiger partial charge on any atom is 0.244 e. The van der Waals surface area contributed by atoms with Gasteiger partial charge in [-0.25, -0.2) is 4.68 Å². The molecule has 0 aliphatic carbocycles. The van der Waals surface area contributed by atoms with Crippen LogP contribution in [0.1, 0.15) is 16.7 Å². The second-order valence-corrected chi connectivity index (χ2v) is 5.59. The molecule has 1 N–H and O–H groups in total. The van der Waals surface area contributed by atoms with E-state index in [1.165, 1.54) is 5.56 Å². The fraction of sp³-hybridized carbons (Fsp3) is 0.100. The van der Waals surface area contributed by atoms with Crippen LogP contribution in [0.3, 0.4) is 0 Å². The average molecular weight is 317 g/mol. The molecule has 3 rings (SSSR count). The molecule has 4 nitrogen and oxygen atoms in total. The fourth-order valence-electron chi connectivity index (χ4n) is 2.37. The van der Waals surface area contributed by atoms with E-state index in [-0.39, 0.29) is 5.91 Å². The molecule has 120 valence electrons. The topological polar surface area (TPSA) is 46.9 Å². The highest BCUT2D eigenvalue weighted by Crippen LogP contribution is 2.08. The average Bonchev–Trinajstić information content (AvgIpc) is 3.08. The lowest BCUT2D eigenvalue weighted by atomic mass is 10.1. The van der Waals surface area contributed by atoms with Gasteiger partial charge in [-0.3, -0.25) is 4.79 Å². The van der Waals surface area contributed by atoms with E-state index in [1.807, 2.05) is 73.8 Å². The summed E-state index contributed by atoms with van der Waals surface area (Å²) in [6.45, 7) is 2.48. The Hall–Kier alpha value is -3.14. The summed E-state index contributed by atoms with van der Waals surface area (Å²) in [7, 11) is 0. The predicted octanol–water partition coefficient (Wildman–Crippen LogP) is 3.51. The molecule has 1 heterocycles. The van der Waals surface area contributed by atoms with Crippen molar-refractivity contribution < 1.29 is 4.79 Å². The molecule has 2 aromatic carbocycles. The van der Waals surface area contributed by atoms with Gasteiger partial charge in [0.1, 0.15) is 0 Å². The molecule has 0 saturated carbocycles. The monoisotopic (exact) mass is 317 g/mol. The normalized spacial score (nSPS) is 10.9. The van der Waals surface area contributed by atoms with Crippen molar-refractivity contribution >= 4 is 12.0 Å². The summed E-state index contributed by atoms with van der Waals surface area (Å²) < 4.78 is 1.80. The molecule has 0 fully saturated rings. The number of benzene rings is 2. The largest absolute Gasteiger partial charge is 0.348 e.